The third-order valence-electron chi connectivity index (χ3n) is 3.58. The quantitative estimate of drug-likeness (QED) is 0.915. The second-order valence-electron chi connectivity index (χ2n) is 5.22. The Kier molecular flexibility index (Phi) is 5.14. The summed E-state index contributed by atoms with van der Waals surface area (Å²) in [5.41, 5.74) is 1.16. The SMILES string of the molecule is CC(OC1CCCCC1)C(=O)Nc1cccc(C#N)c1. The number of carbonyl (C=O) groups is 1. The van der Waals surface area contributed by atoms with Gasteiger partial charge in [0.1, 0.15) is 6.10 Å². The monoisotopic (exact) mass is 272 g/mol. The zero-order valence-corrected chi connectivity index (χ0v) is 11.8. The molecule has 4 nitrogen and oxygen atoms in total. The summed E-state index contributed by atoms with van der Waals surface area (Å²) in [5.74, 6) is -0.161. The molecule has 1 fully saturated rings. The van der Waals surface area contributed by atoms with Gasteiger partial charge in [-0.3, -0.25) is 4.79 Å². The molecule has 0 aliphatic heterocycles. The number of rotatable bonds is 4. The fourth-order valence-corrected chi connectivity index (χ4v) is 2.46. The number of nitriles is 1. The van der Waals surface area contributed by atoms with Gasteiger partial charge >= 0.3 is 0 Å². The lowest BCUT2D eigenvalue weighted by atomic mass is 9.97. The minimum Gasteiger partial charge on any atom is -0.365 e. The van der Waals surface area contributed by atoms with Gasteiger partial charge in [-0.1, -0.05) is 25.3 Å². The minimum atomic E-state index is -0.469. The Bertz CT molecular complexity index is 501. The molecular weight excluding hydrogens is 252 g/mol. The molecule has 20 heavy (non-hydrogen) atoms. The molecule has 0 spiro atoms. The van der Waals surface area contributed by atoms with Gasteiger partial charge in [-0.25, -0.2) is 0 Å². The Balaban J connectivity index is 1.88. The van der Waals surface area contributed by atoms with Crippen molar-refractivity contribution >= 4 is 11.6 Å². The van der Waals surface area contributed by atoms with E-state index in [1.807, 2.05) is 0 Å². The molecule has 1 aliphatic carbocycles. The van der Waals surface area contributed by atoms with Crippen molar-refractivity contribution in [2.45, 2.75) is 51.2 Å². The van der Waals surface area contributed by atoms with Crippen LogP contribution in [-0.2, 0) is 9.53 Å². The van der Waals surface area contributed by atoms with E-state index in [2.05, 4.69) is 11.4 Å². The third kappa shape index (κ3) is 4.07. The molecule has 0 bridgehead atoms. The van der Waals surface area contributed by atoms with Crippen molar-refractivity contribution in [2.75, 3.05) is 5.32 Å². The van der Waals surface area contributed by atoms with E-state index in [1.54, 1.807) is 31.2 Å². The Labute approximate surface area is 119 Å². The van der Waals surface area contributed by atoms with Crippen molar-refractivity contribution in [3.8, 4) is 6.07 Å². The number of benzene rings is 1. The van der Waals surface area contributed by atoms with E-state index in [1.165, 1.54) is 19.3 Å². The normalized spacial score (nSPS) is 17.2. The van der Waals surface area contributed by atoms with Crippen LogP contribution in [0.25, 0.3) is 0 Å². The van der Waals surface area contributed by atoms with Gasteiger partial charge in [0.25, 0.3) is 5.91 Å². The van der Waals surface area contributed by atoms with Crippen LogP contribution in [0.4, 0.5) is 5.69 Å². The number of carbonyl (C=O) groups excluding carboxylic acids is 1. The first-order valence-corrected chi connectivity index (χ1v) is 7.15. The van der Waals surface area contributed by atoms with Crippen LogP contribution in [0.2, 0.25) is 0 Å². The number of nitrogens with zero attached hydrogens (tertiary/aromatic N) is 1. The zero-order valence-electron chi connectivity index (χ0n) is 11.8. The molecule has 1 saturated carbocycles. The highest BCUT2D eigenvalue weighted by Gasteiger charge is 2.21. The van der Waals surface area contributed by atoms with E-state index < -0.39 is 6.10 Å². The summed E-state index contributed by atoms with van der Waals surface area (Å²) < 4.78 is 5.80. The number of amides is 1. The summed E-state index contributed by atoms with van der Waals surface area (Å²) >= 11 is 0. The predicted octanol–water partition coefficient (Wildman–Crippen LogP) is 3.23. The highest BCUT2D eigenvalue weighted by Crippen LogP contribution is 2.21. The second kappa shape index (κ2) is 7.06. The first-order chi connectivity index (χ1) is 9.69. The van der Waals surface area contributed by atoms with Crippen molar-refractivity contribution < 1.29 is 9.53 Å². The van der Waals surface area contributed by atoms with Crippen LogP contribution in [-0.4, -0.2) is 18.1 Å². The van der Waals surface area contributed by atoms with E-state index in [0.717, 1.165) is 12.8 Å². The molecule has 2 rings (SSSR count). The van der Waals surface area contributed by atoms with E-state index in [4.69, 9.17) is 10.00 Å². The lowest BCUT2D eigenvalue weighted by molar-refractivity contribution is -0.131. The lowest BCUT2D eigenvalue weighted by Gasteiger charge is -2.25. The average molecular weight is 272 g/mol. The molecule has 1 aromatic rings. The van der Waals surface area contributed by atoms with Crippen LogP contribution in [0.5, 0.6) is 0 Å². The smallest absolute Gasteiger partial charge is 0.253 e. The molecule has 0 aromatic heterocycles. The molecule has 1 amide bonds. The van der Waals surface area contributed by atoms with Crippen molar-refractivity contribution in [1.82, 2.24) is 0 Å². The summed E-state index contributed by atoms with van der Waals surface area (Å²) in [5, 5.41) is 11.6. The number of ether oxygens (including phenoxy) is 1. The summed E-state index contributed by atoms with van der Waals surface area (Å²) in [4.78, 5) is 12.1. The van der Waals surface area contributed by atoms with Crippen LogP contribution < -0.4 is 5.32 Å². The summed E-state index contributed by atoms with van der Waals surface area (Å²) in [6, 6.07) is 8.94. The molecular formula is C16H20N2O2. The second-order valence-corrected chi connectivity index (χ2v) is 5.22. The van der Waals surface area contributed by atoms with Gasteiger partial charge in [-0.15, -0.1) is 0 Å². The largest absolute Gasteiger partial charge is 0.365 e. The number of hydrogen-bond donors (Lipinski definition) is 1. The van der Waals surface area contributed by atoms with Gasteiger partial charge in [-0.2, -0.15) is 5.26 Å². The molecule has 0 saturated heterocycles. The molecule has 0 radical (unpaired) electrons. The van der Waals surface area contributed by atoms with Gasteiger partial charge < -0.3 is 10.1 Å². The van der Waals surface area contributed by atoms with Gasteiger partial charge in [-0.05, 0) is 38.0 Å². The first kappa shape index (κ1) is 14.5. The van der Waals surface area contributed by atoms with Gasteiger partial charge in [0.2, 0.25) is 0 Å². The van der Waals surface area contributed by atoms with Crippen LogP contribution in [0.1, 0.15) is 44.6 Å². The topological polar surface area (TPSA) is 62.1 Å². The van der Waals surface area contributed by atoms with E-state index in [0.29, 0.717) is 11.3 Å². The Morgan fingerprint density at radius 1 is 1.40 bits per heavy atom. The summed E-state index contributed by atoms with van der Waals surface area (Å²) in [6.45, 7) is 1.78. The highest BCUT2D eigenvalue weighted by atomic mass is 16.5. The maximum atomic E-state index is 12.1. The van der Waals surface area contributed by atoms with Crippen molar-refractivity contribution in [3.05, 3.63) is 29.8 Å². The number of anilines is 1. The summed E-state index contributed by atoms with van der Waals surface area (Å²) in [6.07, 6.45) is 5.45. The molecule has 4 heteroatoms. The Morgan fingerprint density at radius 2 is 2.15 bits per heavy atom. The zero-order chi connectivity index (χ0) is 14.4. The van der Waals surface area contributed by atoms with Crippen LogP contribution in [0, 0.1) is 11.3 Å². The standard InChI is InChI=1S/C16H20N2O2/c1-12(20-15-8-3-2-4-9-15)16(19)18-14-7-5-6-13(10-14)11-17/h5-7,10,12,15H,2-4,8-9H2,1H3,(H,18,19). The van der Waals surface area contributed by atoms with E-state index in [-0.39, 0.29) is 12.0 Å². The minimum absolute atomic E-state index is 0.161. The van der Waals surface area contributed by atoms with Gasteiger partial charge in [0.05, 0.1) is 17.7 Å². The fourth-order valence-electron chi connectivity index (χ4n) is 2.46. The highest BCUT2D eigenvalue weighted by molar-refractivity contribution is 5.94. The third-order valence-corrected chi connectivity index (χ3v) is 3.58. The molecule has 1 atom stereocenters. The van der Waals surface area contributed by atoms with Crippen LogP contribution in [0.15, 0.2) is 24.3 Å². The van der Waals surface area contributed by atoms with E-state index >= 15 is 0 Å². The fraction of sp³-hybridized carbons (Fsp3) is 0.500. The van der Waals surface area contributed by atoms with Crippen molar-refractivity contribution in [3.63, 3.8) is 0 Å². The molecule has 1 N–H and O–H groups in total. The maximum Gasteiger partial charge on any atom is 0.253 e. The molecule has 1 aromatic carbocycles. The average Bonchev–Trinajstić information content (AvgIpc) is 2.48. The summed E-state index contributed by atoms with van der Waals surface area (Å²) in [7, 11) is 0. The molecule has 106 valence electrons. The Morgan fingerprint density at radius 3 is 2.85 bits per heavy atom. The maximum absolute atomic E-state index is 12.1. The molecule has 0 heterocycles. The molecule has 1 unspecified atom stereocenters. The first-order valence-electron chi connectivity index (χ1n) is 7.15. The van der Waals surface area contributed by atoms with Crippen LogP contribution >= 0.6 is 0 Å². The van der Waals surface area contributed by atoms with E-state index in [9.17, 15) is 4.79 Å². The van der Waals surface area contributed by atoms with Gasteiger partial charge in [0, 0.05) is 5.69 Å². The van der Waals surface area contributed by atoms with Gasteiger partial charge in [0.15, 0.2) is 0 Å². The lowest BCUT2D eigenvalue weighted by Crippen LogP contribution is -2.32. The van der Waals surface area contributed by atoms with Crippen LogP contribution in [0.3, 0.4) is 0 Å². The number of hydrogen-bond acceptors (Lipinski definition) is 3. The number of nitrogens with one attached hydrogen (secondary N) is 1. The van der Waals surface area contributed by atoms with Crippen molar-refractivity contribution in [1.29, 1.82) is 5.26 Å². The predicted molar refractivity (Wildman–Crippen MR) is 77.2 cm³/mol. The van der Waals surface area contributed by atoms with Crippen molar-refractivity contribution in [2.24, 2.45) is 0 Å². The molecule has 1 aliphatic rings. The Hall–Kier alpha value is -1.86.